The molecular weight excluding hydrogens is 260 g/mol. The van der Waals surface area contributed by atoms with E-state index in [4.69, 9.17) is 5.11 Å². The van der Waals surface area contributed by atoms with Gasteiger partial charge in [-0.05, 0) is 19.8 Å². The van der Waals surface area contributed by atoms with Gasteiger partial charge in [-0.25, -0.2) is 0 Å². The number of aryl methyl sites for hydroxylation is 1. The Hall–Kier alpha value is -1.89. The third-order valence-corrected chi connectivity index (χ3v) is 3.55. The van der Waals surface area contributed by atoms with Crippen LogP contribution in [0.1, 0.15) is 35.8 Å². The molecule has 0 radical (unpaired) electrons. The maximum absolute atomic E-state index is 12.2. The molecule has 1 aromatic rings. The van der Waals surface area contributed by atoms with E-state index in [1.54, 1.807) is 6.20 Å². The first-order valence-corrected chi connectivity index (χ1v) is 6.82. The fraction of sp³-hybridized carbons (Fsp3) is 0.615. The smallest absolute Gasteiger partial charge is 0.320 e. The highest BCUT2D eigenvalue weighted by Gasteiger charge is 2.30. The van der Waals surface area contributed by atoms with Crippen LogP contribution < -0.4 is 10.6 Å². The lowest BCUT2D eigenvalue weighted by Crippen LogP contribution is -2.36. The van der Waals surface area contributed by atoms with Gasteiger partial charge in [0.1, 0.15) is 6.04 Å². The Morgan fingerprint density at radius 1 is 1.60 bits per heavy atom. The van der Waals surface area contributed by atoms with Crippen LogP contribution in [-0.2, 0) is 11.3 Å². The van der Waals surface area contributed by atoms with Crippen molar-refractivity contribution in [2.75, 3.05) is 6.54 Å². The second-order valence-corrected chi connectivity index (χ2v) is 5.07. The SMILES string of the molecule is CCCn1ncc(C(=O)N[C@@H]2CN[C@H](C(=O)O)C2)c1C. The Labute approximate surface area is 117 Å². The standard InChI is InChI=1S/C13H20N4O3/c1-3-4-17-8(2)10(7-15-17)12(18)16-9-5-11(13(19)20)14-6-9/h7,9,11,14H,3-6H2,1-2H3,(H,16,18)(H,19,20)/t9-,11-/m0/s1. The van der Waals surface area contributed by atoms with Gasteiger partial charge < -0.3 is 15.7 Å². The molecule has 3 N–H and O–H groups in total. The fourth-order valence-electron chi connectivity index (χ4n) is 2.40. The number of carbonyl (C=O) groups is 2. The van der Waals surface area contributed by atoms with Crippen LogP contribution in [0.2, 0.25) is 0 Å². The molecule has 1 aliphatic heterocycles. The number of carboxylic acids is 1. The Bertz CT molecular complexity index is 512. The fourth-order valence-corrected chi connectivity index (χ4v) is 2.40. The van der Waals surface area contributed by atoms with Crippen LogP contribution in [0.4, 0.5) is 0 Å². The van der Waals surface area contributed by atoms with Crippen LogP contribution in [0.25, 0.3) is 0 Å². The summed E-state index contributed by atoms with van der Waals surface area (Å²) in [5.74, 6) is -1.07. The number of hydrogen-bond donors (Lipinski definition) is 3. The van der Waals surface area contributed by atoms with Crippen LogP contribution in [0.15, 0.2) is 6.20 Å². The second-order valence-electron chi connectivity index (χ2n) is 5.07. The van der Waals surface area contributed by atoms with E-state index in [9.17, 15) is 9.59 Å². The minimum Gasteiger partial charge on any atom is -0.480 e. The van der Waals surface area contributed by atoms with Crippen LogP contribution in [0, 0.1) is 6.92 Å². The van der Waals surface area contributed by atoms with Crippen LogP contribution in [0.3, 0.4) is 0 Å². The summed E-state index contributed by atoms with van der Waals surface area (Å²) in [6.45, 7) is 5.18. The minimum atomic E-state index is -0.881. The van der Waals surface area contributed by atoms with E-state index < -0.39 is 12.0 Å². The van der Waals surface area contributed by atoms with Gasteiger partial charge in [-0.3, -0.25) is 14.3 Å². The molecular formula is C13H20N4O3. The Balaban J connectivity index is 1.97. The predicted molar refractivity (Wildman–Crippen MR) is 72.6 cm³/mol. The molecule has 2 rings (SSSR count). The van der Waals surface area contributed by atoms with E-state index in [0.717, 1.165) is 18.7 Å². The van der Waals surface area contributed by atoms with Gasteiger partial charge in [0.15, 0.2) is 0 Å². The molecule has 1 fully saturated rings. The summed E-state index contributed by atoms with van der Waals surface area (Å²) in [6, 6.07) is -0.735. The number of aromatic nitrogens is 2. The lowest BCUT2D eigenvalue weighted by atomic mass is 10.1. The largest absolute Gasteiger partial charge is 0.480 e. The van der Waals surface area contributed by atoms with Gasteiger partial charge >= 0.3 is 5.97 Å². The van der Waals surface area contributed by atoms with Crippen molar-refractivity contribution < 1.29 is 14.7 Å². The van der Waals surface area contributed by atoms with Crippen molar-refractivity contribution >= 4 is 11.9 Å². The summed E-state index contributed by atoms with van der Waals surface area (Å²) in [7, 11) is 0. The molecule has 0 bridgehead atoms. The van der Waals surface area contributed by atoms with E-state index in [-0.39, 0.29) is 11.9 Å². The average Bonchev–Trinajstić information content (AvgIpc) is 2.98. The van der Waals surface area contributed by atoms with Gasteiger partial charge in [-0.2, -0.15) is 5.10 Å². The van der Waals surface area contributed by atoms with Gasteiger partial charge in [0.25, 0.3) is 5.91 Å². The lowest BCUT2D eigenvalue weighted by Gasteiger charge is -2.11. The third-order valence-electron chi connectivity index (χ3n) is 3.55. The Morgan fingerprint density at radius 3 is 2.95 bits per heavy atom. The topological polar surface area (TPSA) is 96.3 Å². The summed E-state index contributed by atoms with van der Waals surface area (Å²) >= 11 is 0. The van der Waals surface area contributed by atoms with Crippen molar-refractivity contribution in [3.05, 3.63) is 17.5 Å². The number of rotatable bonds is 5. The predicted octanol–water partition coefficient (Wildman–Crippen LogP) is 0.146. The first kappa shape index (κ1) is 14.5. The van der Waals surface area contributed by atoms with Crippen molar-refractivity contribution in [2.24, 2.45) is 0 Å². The molecule has 1 amide bonds. The quantitative estimate of drug-likeness (QED) is 0.713. The lowest BCUT2D eigenvalue weighted by molar-refractivity contribution is -0.139. The van der Waals surface area contributed by atoms with Crippen molar-refractivity contribution in [1.82, 2.24) is 20.4 Å². The van der Waals surface area contributed by atoms with Crippen molar-refractivity contribution in [3.63, 3.8) is 0 Å². The molecule has 0 aromatic carbocycles. The molecule has 1 saturated heterocycles. The third kappa shape index (κ3) is 2.98. The summed E-state index contributed by atoms with van der Waals surface area (Å²) in [5, 5.41) is 18.8. The molecule has 20 heavy (non-hydrogen) atoms. The molecule has 7 heteroatoms. The van der Waals surface area contributed by atoms with Gasteiger partial charge in [0.05, 0.1) is 11.8 Å². The molecule has 2 atom stereocenters. The summed E-state index contributed by atoms with van der Waals surface area (Å²) in [6.07, 6.45) is 2.93. The molecule has 0 saturated carbocycles. The molecule has 7 nitrogen and oxygen atoms in total. The van der Waals surface area contributed by atoms with Gasteiger partial charge in [0, 0.05) is 24.8 Å². The number of amides is 1. The minimum absolute atomic E-state index is 0.155. The van der Waals surface area contributed by atoms with E-state index in [0.29, 0.717) is 18.5 Å². The van der Waals surface area contributed by atoms with Crippen molar-refractivity contribution in [1.29, 1.82) is 0 Å². The van der Waals surface area contributed by atoms with E-state index in [1.165, 1.54) is 0 Å². The number of carbonyl (C=O) groups excluding carboxylic acids is 1. The molecule has 2 heterocycles. The van der Waals surface area contributed by atoms with Crippen molar-refractivity contribution in [2.45, 2.75) is 45.3 Å². The number of nitrogens with one attached hydrogen (secondary N) is 2. The Kier molecular flexibility index (Phi) is 4.39. The van der Waals surface area contributed by atoms with E-state index in [1.807, 2.05) is 11.6 Å². The van der Waals surface area contributed by atoms with Gasteiger partial charge in [-0.1, -0.05) is 6.92 Å². The zero-order chi connectivity index (χ0) is 14.7. The van der Waals surface area contributed by atoms with Gasteiger partial charge in [0.2, 0.25) is 0 Å². The van der Waals surface area contributed by atoms with Crippen LogP contribution in [0.5, 0.6) is 0 Å². The second kappa shape index (κ2) is 6.04. The maximum Gasteiger partial charge on any atom is 0.320 e. The van der Waals surface area contributed by atoms with Gasteiger partial charge in [-0.15, -0.1) is 0 Å². The molecule has 1 aliphatic rings. The highest BCUT2D eigenvalue weighted by Crippen LogP contribution is 2.11. The summed E-state index contributed by atoms with van der Waals surface area (Å²) in [4.78, 5) is 23.0. The number of nitrogens with zero attached hydrogens (tertiary/aromatic N) is 2. The first-order valence-electron chi connectivity index (χ1n) is 6.82. The number of hydrogen-bond acceptors (Lipinski definition) is 4. The maximum atomic E-state index is 12.2. The number of aliphatic carboxylic acids is 1. The highest BCUT2D eigenvalue weighted by atomic mass is 16.4. The first-order chi connectivity index (χ1) is 9.52. The molecule has 0 spiro atoms. The van der Waals surface area contributed by atoms with E-state index >= 15 is 0 Å². The highest BCUT2D eigenvalue weighted by molar-refractivity contribution is 5.95. The zero-order valence-electron chi connectivity index (χ0n) is 11.7. The van der Waals surface area contributed by atoms with E-state index in [2.05, 4.69) is 22.7 Å². The van der Waals surface area contributed by atoms with Crippen LogP contribution >= 0.6 is 0 Å². The van der Waals surface area contributed by atoms with Crippen LogP contribution in [-0.4, -0.2) is 45.4 Å². The summed E-state index contributed by atoms with van der Waals surface area (Å²) in [5.41, 5.74) is 1.39. The molecule has 0 aliphatic carbocycles. The summed E-state index contributed by atoms with van der Waals surface area (Å²) < 4.78 is 1.81. The average molecular weight is 280 g/mol. The normalized spacial score (nSPS) is 21.9. The van der Waals surface area contributed by atoms with Crippen molar-refractivity contribution in [3.8, 4) is 0 Å². The molecule has 0 unspecified atom stereocenters. The molecule has 1 aromatic heterocycles. The zero-order valence-corrected chi connectivity index (χ0v) is 11.7. The monoisotopic (exact) mass is 280 g/mol. The number of carboxylic acid groups (broad SMARTS) is 1. The Morgan fingerprint density at radius 2 is 2.35 bits per heavy atom. The molecule has 110 valence electrons.